The lowest BCUT2D eigenvalue weighted by molar-refractivity contribution is -0.133. The molecule has 4 heteroatoms. The van der Waals surface area contributed by atoms with Gasteiger partial charge in [-0.2, -0.15) is 0 Å². The van der Waals surface area contributed by atoms with E-state index in [2.05, 4.69) is 59.3 Å². The molecule has 5 rings (SSSR count). The lowest BCUT2D eigenvalue weighted by Crippen LogP contribution is -2.53. The van der Waals surface area contributed by atoms with Crippen LogP contribution in [0.4, 0.5) is 5.69 Å². The summed E-state index contributed by atoms with van der Waals surface area (Å²) in [6.45, 7) is 2.93. The average molecular weight is 360 g/mol. The molecule has 2 unspecified atom stereocenters. The molecule has 0 aromatic heterocycles. The van der Waals surface area contributed by atoms with Gasteiger partial charge in [-0.25, -0.2) is 4.79 Å². The third-order valence-electron chi connectivity index (χ3n) is 6.33. The molecule has 0 spiro atoms. The van der Waals surface area contributed by atoms with Gasteiger partial charge in [0.1, 0.15) is 0 Å². The lowest BCUT2D eigenvalue weighted by Gasteiger charge is -2.42. The quantitative estimate of drug-likeness (QED) is 0.732. The Bertz CT molecular complexity index is 949. The number of carbonyl (C=O) groups excluding carboxylic acids is 1. The van der Waals surface area contributed by atoms with Crippen LogP contribution in [-0.2, 0) is 16.0 Å². The predicted octanol–water partition coefficient (Wildman–Crippen LogP) is 3.09. The molecular weight excluding hydrogens is 336 g/mol. The Balaban J connectivity index is 1.77. The number of methoxy groups -OCH3 is 1. The molecule has 0 bridgehead atoms. The van der Waals surface area contributed by atoms with Gasteiger partial charge in [0.05, 0.1) is 18.7 Å². The fraction of sp³-hybridized carbons (Fsp3) is 0.348. The van der Waals surface area contributed by atoms with Gasteiger partial charge in [-0.05, 0) is 41.8 Å². The number of para-hydroxylation sites is 1. The molecule has 138 valence electrons. The second-order valence-electron chi connectivity index (χ2n) is 7.77. The summed E-state index contributed by atoms with van der Waals surface area (Å²) in [5.41, 5.74) is 7.03. The molecule has 1 saturated heterocycles. The maximum Gasteiger partial charge on any atom is 0.338 e. The molecule has 2 heterocycles. The van der Waals surface area contributed by atoms with Crippen molar-refractivity contribution in [2.45, 2.75) is 18.4 Å². The highest BCUT2D eigenvalue weighted by molar-refractivity contribution is 6.20. The number of piperazine rings is 1. The number of ether oxygens (including phenoxy) is 1. The van der Waals surface area contributed by atoms with E-state index in [4.69, 9.17) is 4.74 Å². The molecule has 2 atom stereocenters. The van der Waals surface area contributed by atoms with Gasteiger partial charge in [0, 0.05) is 31.2 Å². The number of fused-ring (bicyclic) bond motifs is 7. The normalized spacial score (nSPS) is 23.9. The Morgan fingerprint density at radius 3 is 2.70 bits per heavy atom. The molecular formula is C23H24N2O2. The van der Waals surface area contributed by atoms with Crippen LogP contribution in [0.5, 0.6) is 0 Å². The van der Waals surface area contributed by atoms with Gasteiger partial charge in [-0.15, -0.1) is 0 Å². The molecule has 1 aliphatic carbocycles. The standard InChI is InChI=1S/C23H24N2O2/c1-24-11-12-25-19-10-6-3-7-15(19)13-18-16-8-4-5-9-17(16)22(23(26)27-2)21(18)20(25)14-24/h3-10,18,20H,11-14H2,1-2H3. The van der Waals surface area contributed by atoms with Crippen molar-refractivity contribution in [3.8, 4) is 0 Å². The molecule has 0 amide bonds. The summed E-state index contributed by atoms with van der Waals surface area (Å²) in [6, 6.07) is 17.3. The zero-order chi connectivity index (χ0) is 18.5. The van der Waals surface area contributed by atoms with Crippen LogP contribution in [0.25, 0.3) is 5.57 Å². The Morgan fingerprint density at radius 2 is 1.85 bits per heavy atom. The van der Waals surface area contributed by atoms with E-state index in [0.29, 0.717) is 0 Å². The second-order valence-corrected chi connectivity index (χ2v) is 7.77. The Hall–Kier alpha value is -2.59. The van der Waals surface area contributed by atoms with Crippen molar-refractivity contribution >= 4 is 17.2 Å². The Morgan fingerprint density at radius 1 is 1.07 bits per heavy atom. The zero-order valence-corrected chi connectivity index (χ0v) is 15.8. The number of hydrogen-bond acceptors (Lipinski definition) is 4. The van der Waals surface area contributed by atoms with Crippen LogP contribution in [0.15, 0.2) is 54.1 Å². The summed E-state index contributed by atoms with van der Waals surface area (Å²) >= 11 is 0. The van der Waals surface area contributed by atoms with Crippen LogP contribution in [0.2, 0.25) is 0 Å². The summed E-state index contributed by atoms with van der Waals surface area (Å²) in [5, 5.41) is 0. The fourth-order valence-electron chi connectivity index (χ4n) is 5.13. The smallest absolute Gasteiger partial charge is 0.338 e. The number of anilines is 1. The molecule has 2 aliphatic heterocycles. The fourth-order valence-corrected chi connectivity index (χ4v) is 5.13. The maximum absolute atomic E-state index is 12.9. The van der Waals surface area contributed by atoms with Crippen molar-refractivity contribution in [3.63, 3.8) is 0 Å². The van der Waals surface area contributed by atoms with E-state index in [1.165, 1.54) is 29.5 Å². The minimum absolute atomic E-state index is 0.193. The number of esters is 1. The van der Waals surface area contributed by atoms with Gasteiger partial charge >= 0.3 is 5.97 Å². The van der Waals surface area contributed by atoms with Crippen LogP contribution in [0, 0.1) is 0 Å². The highest BCUT2D eigenvalue weighted by Crippen LogP contribution is 2.50. The van der Waals surface area contributed by atoms with E-state index in [1.807, 2.05) is 6.07 Å². The number of nitrogens with zero attached hydrogens (tertiary/aromatic N) is 2. The topological polar surface area (TPSA) is 32.8 Å². The Kier molecular flexibility index (Phi) is 3.83. The summed E-state index contributed by atoms with van der Waals surface area (Å²) in [4.78, 5) is 17.7. The van der Waals surface area contributed by atoms with Gasteiger partial charge in [-0.1, -0.05) is 42.5 Å². The first-order chi connectivity index (χ1) is 13.2. The average Bonchev–Trinajstić information content (AvgIpc) is 2.94. The number of benzene rings is 2. The number of rotatable bonds is 1. The minimum atomic E-state index is -0.209. The number of hydrogen-bond donors (Lipinski definition) is 0. The summed E-state index contributed by atoms with van der Waals surface area (Å²) in [5.74, 6) is 0.0250. The van der Waals surface area contributed by atoms with Gasteiger partial charge in [0.25, 0.3) is 0 Å². The van der Waals surface area contributed by atoms with Crippen molar-refractivity contribution < 1.29 is 9.53 Å². The molecule has 3 aliphatic rings. The molecule has 2 aromatic carbocycles. The minimum Gasteiger partial charge on any atom is -0.465 e. The molecule has 1 fully saturated rings. The van der Waals surface area contributed by atoms with Crippen LogP contribution >= 0.6 is 0 Å². The van der Waals surface area contributed by atoms with Crippen LogP contribution in [-0.4, -0.2) is 50.7 Å². The van der Waals surface area contributed by atoms with Gasteiger partial charge < -0.3 is 14.5 Å². The molecule has 4 nitrogen and oxygen atoms in total. The van der Waals surface area contributed by atoms with Gasteiger partial charge in [0.15, 0.2) is 0 Å². The summed E-state index contributed by atoms with van der Waals surface area (Å²) < 4.78 is 5.24. The van der Waals surface area contributed by atoms with E-state index >= 15 is 0 Å². The highest BCUT2D eigenvalue weighted by Gasteiger charge is 2.44. The number of carbonyl (C=O) groups is 1. The van der Waals surface area contributed by atoms with Crippen LogP contribution < -0.4 is 4.90 Å². The van der Waals surface area contributed by atoms with Gasteiger partial charge in [0.2, 0.25) is 0 Å². The van der Waals surface area contributed by atoms with E-state index in [-0.39, 0.29) is 17.9 Å². The van der Waals surface area contributed by atoms with Crippen LogP contribution in [0.1, 0.15) is 22.6 Å². The first kappa shape index (κ1) is 16.6. The van der Waals surface area contributed by atoms with Crippen LogP contribution in [0.3, 0.4) is 0 Å². The maximum atomic E-state index is 12.9. The highest BCUT2D eigenvalue weighted by atomic mass is 16.5. The van der Waals surface area contributed by atoms with Crippen molar-refractivity contribution in [2.75, 3.05) is 38.7 Å². The van der Waals surface area contributed by atoms with E-state index in [1.54, 1.807) is 0 Å². The first-order valence-corrected chi connectivity index (χ1v) is 9.63. The van der Waals surface area contributed by atoms with E-state index in [0.717, 1.165) is 37.2 Å². The largest absolute Gasteiger partial charge is 0.465 e. The number of likely N-dealkylation sites (N-methyl/N-ethyl adjacent to an activating group) is 1. The molecule has 0 radical (unpaired) electrons. The van der Waals surface area contributed by atoms with Crippen molar-refractivity contribution in [1.29, 1.82) is 0 Å². The second kappa shape index (κ2) is 6.24. The zero-order valence-electron chi connectivity index (χ0n) is 15.8. The monoisotopic (exact) mass is 360 g/mol. The van der Waals surface area contributed by atoms with Crippen molar-refractivity contribution in [3.05, 3.63) is 70.8 Å². The SMILES string of the molecule is COC(=O)C1=C2C(Cc3ccccc3N3CCN(C)CC23)c2ccccc21. The molecule has 2 aromatic rings. The first-order valence-electron chi connectivity index (χ1n) is 9.63. The Labute approximate surface area is 160 Å². The summed E-state index contributed by atoms with van der Waals surface area (Å²) in [6.07, 6.45) is 0.930. The van der Waals surface area contributed by atoms with E-state index in [9.17, 15) is 4.79 Å². The predicted molar refractivity (Wildman–Crippen MR) is 107 cm³/mol. The molecule has 0 N–H and O–H groups in total. The lowest BCUT2D eigenvalue weighted by atomic mass is 9.86. The third-order valence-corrected chi connectivity index (χ3v) is 6.33. The third kappa shape index (κ3) is 2.43. The van der Waals surface area contributed by atoms with Crippen molar-refractivity contribution in [1.82, 2.24) is 4.90 Å². The molecule has 0 saturated carbocycles. The van der Waals surface area contributed by atoms with E-state index < -0.39 is 0 Å². The van der Waals surface area contributed by atoms with Crippen molar-refractivity contribution in [2.24, 2.45) is 0 Å². The van der Waals surface area contributed by atoms with Gasteiger partial charge in [-0.3, -0.25) is 0 Å². The summed E-state index contributed by atoms with van der Waals surface area (Å²) in [7, 11) is 3.66. The molecule has 27 heavy (non-hydrogen) atoms.